The molecular weight excluding hydrogens is 266 g/mol. The minimum atomic E-state index is -0.485. The number of allylic oxidation sites excluding steroid dienone is 1. The van der Waals surface area contributed by atoms with Gasteiger partial charge >= 0.3 is 5.97 Å². The molecule has 0 amide bonds. The second-order valence-electron chi connectivity index (χ2n) is 3.99. The van der Waals surface area contributed by atoms with Crippen molar-refractivity contribution in [1.82, 2.24) is 10.3 Å². The lowest BCUT2D eigenvalue weighted by Gasteiger charge is -2.33. The third-order valence-electron chi connectivity index (χ3n) is 2.85. The average molecular weight is 281 g/mol. The molecule has 1 aliphatic rings. The van der Waals surface area contributed by atoms with E-state index in [2.05, 4.69) is 5.32 Å². The van der Waals surface area contributed by atoms with Crippen LogP contribution in [0.4, 0.5) is 0 Å². The van der Waals surface area contributed by atoms with Gasteiger partial charge in [0.1, 0.15) is 11.8 Å². The van der Waals surface area contributed by atoms with Gasteiger partial charge in [0, 0.05) is 5.70 Å². The fourth-order valence-corrected chi connectivity index (χ4v) is 2.15. The molecule has 0 radical (unpaired) electrons. The second kappa shape index (κ2) is 5.41. The van der Waals surface area contributed by atoms with Gasteiger partial charge in [0.05, 0.1) is 18.4 Å². The fourth-order valence-electron chi connectivity index (χ4n) is 1.90. The van der Waals surface area contributed by atoms with Crippen LogP contribution in [0.1, 0.15) is 25.6 Å². The summed E-state index contributed by atoms with van der Waals surface area (Å²) in [6, 6.07) is 3.02. The van der Waals surface area contributed by atoms with E-state index >= 15 is 0 Å². The van der Waals surface area contributed by atoms with Crippen LogP contribution in [0.2, 0.25) is 0 Å². The number of furan rings is 1. The van der Waals surface area contributed by atoms with E-state index in [1.807, 2.05) is 0 Å². The van der Waals surface area contributed by atoms with Gasteiger partial charge in [0.15, 0.2) is 5.11 Å². The molecule has 6 nitrogen and oxygen atoms in total. The predicted octanol–water partition coefficient (Wildman–Crippen LogP) is 1.22. The van der Waals surface area contributed by atoms with Gasteiger partial charge in [-0.1, -0.05) is 0 Å². The van der Waals surface area contributed by atoms with Crippen LogP contribution in [0.25, 0.3) is 0 Å². The number of nitrogens with zero attached hydrogens (tertiary/aromatic N) is 1. The van der Waals surface area contributed by atoms with Gasteiger partial charge in [-0.15, -0.1) is 0 Å². The summed E-state index contributed by atoms with van der Waals surface area (Å²) in [4.78, 5) is 12.1. The first-order chi connectivity index (χ1) is 9.06. The highest BCUT2D eigenvalue weighted by molar-refractivity contribution is 7.80. The van der Waals surface area contributed by atoms with E-state index in [1.165, 1.54) is 11.3 Å². The van der Waals surface area contributed by atoms with Gasteiger partial charge in [-0.25, -0.2) is 10.6 Å². The van der Waals surface area contributed by atoms with E-state index in [0.717, 1.165) is 0 Å². The first-order valence-corrected chi connectivity index (χ1v) is 6.23. The number of hydrazine groups is 1. The molecule has 0 fully saturated rings. The highest BCUT2D eigenvalue weighted by Gasteiger charge is 2.35. The Labute approximate surface area is 116 Å². The Balaban J connectivity index is 2.45. The molecule has 0 spiro atoms. The molecule has 0 saturated carbocycles. The number of ether oxygens (including phenoxy) is 1. The van der Waals surface area contributed by atoms with Crippen molar-refractivity contribution >= 4 is 23.3 Å². The van der Waals surface area contributed by atoms with Crippen LogP contribution in [0.15, 0.2) is 34.1 Å². The van der Waals surface area contributed by atoms with Crippen molar-refractivity contribution in [3.05, 3.63) is 35.4 Å². The number of hydrogen-bond acceptors (Lipinski definition) is 5. The molecule has 1 aromatic rings. The summed E-state index contributed by atoms with van der Waals surface area (Å²) in [5.41, 5.74) is 0.941. The zero-order chi connectivity index (χ0) is 14.0. The maximum absolute atomic E-state index is 12.1. The lowest BCUT2D eigenvalue weighted by molar-refractivity contribution is -0.139. The monoisotopic (exact) mass is 281 g/mol. The fraction of sp³-hybridized carbons (Fsp3) is 0.333. The van der Waals surface area contributed by atoms with Gasteiger partial charge in [-0.3, -0.25) is 5.01 Å². The highest BCUT2D eigenvalue weighted by Crippen LogP contribution is 2.30. The van der Waals surface area contributed by atoms with Crippen molar-refractivity contribution in [2.75, 3.05) is 6.61 Å². The SMILES string of the molecule is CCOC(=O)C1=C(C)N(N)C(=S)N[C@@H]1c1ccco1. The van der Waals surface area contributed by atoms with Crippen LogP contribution in [-0.4, -0.2) is 22.7 Å². The molecule has 3 N–H and O–H groups in total. The standard InChI is InChI=1S/C12H15N3O3S/c1-3-17-11(16)9-7(2)15(13)12(19)14-10(9)8-5-4-6-18-8/h4-6,10H,3,13H2,1-2H3,(H,14,19)/t10-/m1/s1. The van der Waals surface area contributed by atoms with E-state index < -0.39 is 12.0 Å². The third-order valence-corrected chi connectivity index (χ3v) is 3.16. The number of nitrogens with two attached hydrogens (primary N) is 1. The smallest absolute Gasteiger partial charge is 0.338 e. The molecule has 1 atom stereocenters. The average Bonchev–Trinajstić information content (AvgIpc) is 2.89. The lowest BCUT2D eigenvalue weighted by Crippen LogP contribution is -2.50. The number of carbonyl (C=O) groups excluding carboxylic acids is 1. The molecule has 1 aliphatic heterocycles. The topological polar surface area (TPSA) is 80.7 Å². The van der Waals surface area contributed by atoms with Crippen molar-refractivity contribution in [2.45, 2.75) is 19.9 Å². The van der Waals surface area contributed by atoms with Crippen molar-refractivity contribution in [1.29, 1.82) is 0 Å². The molecule has 0 unspecified atom stereocenters. The number of nitrogens with one attached hydrogen (secondary N) is 1. The Bertz CT molecular complexity index is 524. The Hall–Kier alpha value is -1.86. The molecule has 0 aromatic carbocycles. The molecule has 7 heteroatoms. The lowest BCUT2D eigenvalue weighted by atomic mass is 10.0. The second-order valence-corrected chi connectivity index (χ2v) is 4.37. The minimum Gasteiger partial charge on any atom is -0.467 e. The Morgan fingerprint density at radius 2 is 2.42 bits per heavy atom. The molecule has 2 heterocycles. The van der Waals surface area contributed by atoms with Crippen molar-refractivity contribution < 1.29 is 13.9 Å². The molecule has 2 rings (SSSR count). The van der Waals surface area contributed by atoms with Gasteiger partial charge in [0.25, 0.3) is 0 Å². The summed E-state index contributed by atoms with van der Waals surface area (Å²) in [6.45, 7) is 3.75. The molecule has 0 saturated heterocycles. The molecule has 19 heavy (non-hydrogen) atoms. The normalized spacial score (nSPS) is 19.4. The molecule has 1 aromatic heterocycles. The zero-order valence-electron chi connectivity index (χ0n) is 10.7. The Morgan fingerprint density at radius 1 is 1.68 bits per heavy atom. The summed E-state index contributed by atoms with van der Waals surface area (Å²) >= 11 is 5.12. The zero-order valence-corrected chi connectivity index (χ0v) is 11.5. The number of rotatable bonds is 3. The summed E-state index contributed by atoms with van der Waals surface area (Å²) in [5, 5.41) is 4.55. The van der Waals surface area contributed by atoms with Crippen LogP contribution in [-0.2, 0) is 9.53 Å². The Morgan fingerprint density at radius 3 is 3.00 bits per heavy atom. The molecule has 0 bridgehead atoms. The Kier molecular flexibility index (Phi) is 3.87. The number of hydrogen-bond donors (Lipinski definition) is 2. The van der Waals surface area contributed by atoms with Crippen molar-refractivity contribution in [3.63, 3.8) is 0 Å². The van der Waals surface area contributed by atoms with Gasteiger partial charge in [-0.05, 0) is 38.2 Å². The summed E-state index contributed by atoms with van der Waals surface area (Å²) < 4.78 is 10.4. The maximum Gasteiger partial charge on any atom is 0.338 e. The first kappa shape index (κ1) is 13.6. The summed E-state index contributed by atoms with van der Waals surface area (Å²) in [6.07, 6.45) is 1.53. The van der Waals surface area contributed by atoms with Crippen LogP contribution >= 0.6 is 12.2 Å². The summed E-state index contributed by atoms with van der Waals surface area (Å²) in [5.74, 6) is 5.94. The predicted molar refractivity (Wildman–Crippen MR) is 72.5 cm³/mol. The van der Waals surface area contributed by atoms with Crippen LogP contribution in [0.3, 0.4) is 0 Å². The maximum atomic E-state index is 12.1. The number of carbonyl (C=O) groups is 1. The van der Waals surface area contributed by atoms with Gasteiger partial charge in [-0.2, -0.15) is 0 Å². The van der Waals surface area contributed by atoms with Crippen molar-refractivity contribution in [2.24, 2.45) is 5.84 Å². The van der Waals surface area contributed by atoms with Crippen LogP contribution in [0.5, 0.6) is 0 Å². The van der Waals surface area contributed by atoms with Crippen LogP contribution < -0.4 is 11.2 Å². The summed E-state index contributed by atoms with van der Waals surface area (Å²) in [7, 11) is 0. The quantitative estimate of drug-likeness (QED) is 0.490. The van der Waals surface area contributed by atoms with Crippen molar-refractivity contribution in [3.8, 4) is 0 Å². The molecule has 102 valence electrons. The van der Waals surface area contributed by atoms with E-state index in [-0.39, 0.29) is 6.61 Å². The van der Waals surface area contributed by atoms with E-state index in [0.29, 0.717) is 22.1 Å². The minimum absolute atomic E-state index is 0.287. The van der Waals surface area contributed by atoms with E-state index in [4.69, 9.17) is 27.2 Å². The molecular formula is C12H15N3O3S. The number of thiocarbonyl (C=S) groups is 1. The first-order valence-electron chi connectivity index (χ1n) is 5.82. The van der Waals surface area contributed by atoms with Crippen LogP contribution in [0, 0.1) is 0 Å². The van der Waals surface area contributed by atoms with E-state index in [9.17, 15) is 4.79 Å². The highest BCUT2D eigenvalue weighted by atomic mass is 32.1. The largest absolute Gasteiger partial charge is 0.467 e. The number of esters is 1. The van der Waals surface area contributed by atoms with Gasteiger partial charge in [0.2, 0.25) is 0 Å². The third kappa shape index (κ3) is 2.47. The van der Waals surface area contributed by atoms with E-state index in [1.54, 1.807) is 26.0 Å². The van der Waals surface area contributed by atoms with Gasteiger partial charge < -0.3 is 14.5 Å². The molecule has 0 aliphatic carbocycles.